The molecule has 0 saturated carbocycles. The molecule has 4 heteroatoms. The molecule has 55 heavy (non-hydrogen) atoms. The minimum atomic E-state index is 0.669. The zero-order chi connectivity index (χ0) is 37.0. The molecule has 1 atom stereocenters. The van der Waals surface area contributed by atoms with E-state index in [0.29, 0.717) is 5.56 Å². The smallest absolute Gasteiger partial charge is 0.135 e. The highest BCUT2D eigenvalue weighted by molar-refractivity contribution is 6.11. The van der Waals surface area contributed by atoms with Crippen molar-refractivity contribution in [2.75, 3.05) is 0 Å². The molecule has 0 aliphatic heterocycles. The van der Waals surface area contributed by atoms with E-state index in [4.69, 9.17) is 4.42 Å². The first-order valence-corrected chi connectivity index (χ1v) is 19.9. The monoisotopic (exact) mass is 713 g/mol. The van der Waals surface area contributed by atoms with Crippen molar-refractivity contribution < 1.29 is 4.42 Å². The summed E-state index contributed by atoms with van der Waals surface area (Å²) in [5.41, 5.74) is 13.7. The van der Waals surface area contributed by atoms with Crippen LogP contribution in [0.4, 0.5) is 0 Å². The van der Waals surface area contributed by atoms with Crippen molar-refractivity contribution in [3.8, 4) is 17.4 Å². The van der Waals surface area contributed by atoms with Gasteiger partial charge in [0.2, 0.25) is 0 Å². The molecule has 1 aliphatic carbocycles. The summed E-state index contributed by atoms with van der Waals surface area (Å²) in [6, 6.07) is 48.4. The van der Waals surface area contributed by atoms with Gasteiger partial charge in [-0.25, -0.2) is 0 Å². The van der Waals surface area contributed by atoms with Crippen molar-refractivity contribution in [1.82, 2.24) is 9.13 Å². The zero-order valence-corrected chi connectivity index (χ0v) is 31.5. The number of hydrogen-bond donors (Lipinski definition) is 0. The lowest BCUT2D eigenvalue weighted by Crippen LogP contribution is -2.03. The Morgan fingerprint density at radius 1 is 0.655 bits per heavy atom. The highest BCUT2D eigenvalue weighted by Gasteiger charge is 2.22. The Labute approximate surface area is 321 Å². The number of nitriles is 1. The third kappa shape index (κ3) is 5.57. The van der Waals surface area contributed by atoms with E-state index < -0.39 is 0 Å². The van der Waals surface area contributed by atoms with Gasteiger partial charge in [-0.1, -0.05) is 94.1 Å². The molecule has 0 saturated heterocycles. The third-order valence-electron chi connectivity index (χ3n) is 12.1. The highest BCUT2D eigenvalue weighted by Crippen LogP contribution is 2.40. The Bertz CT molecular complexity index is 3010. The predicted octanol–water partition coefficient (Wildman–Crippen LogP) is 13.7. The molecular weight excluding hydrogens is 671 g/mol. The maximum Gasteiger partial charge on any atom is 0.135 e. The van der Waals surface area contributed by atoms with E-state index in [1.165, 1.54) is 75.4 Å². The first kappa shape index (κ1) is 33.3. The predicted molar refractivity (Wildman–Crippen MR) is 229 cm³/mol. The molecule has 10 rings (SSSR count). The van der Waals surface area contributed by atoms with Crippen LogP contribution in [0.1, 0.15) is 74.0 Å². The van der Waals surface area contributed by atoms with Gasteiger partial charge in [0.05, 0.1) is 33.7 Å². The quantitative estimate of drug-likeness (QED) is 0.149. The van der Waals surface area contributed by atoms with Crippen molar-refractivity contribution in [2.24, 2.45) is 5.92 Å². The van der Waals surface area contributed by atoms with Crippen LogP contribution in [-0.4, -0.2) is 9.13 Å². The number of fused-ring (bicyclic) bond motifs is 9. The fraction of sp³-hybridized carbons (Fsp3) is 0.196. The largest absolute Gasteiger partial charge is 0.460 e. The summed E-state index contributed by atoms with van der Waals surface area (Å²) >= 11 is 0. The first-order valence-electron chi connectivity index (χ1n) is 19.9. The molecule has 1 aliphatic rings. The number of aryl methyl sites for hydroxylation is 1. The Morgan fingerprint density at radius 2 is 1.36 bits per heavy atom. The van der Waals surface area contributed by atoms with Crippen molar-refractivity contribution in [3.63, 3.8) is 0 Å². The molecule has 0 amide bonds. The van der Waals surface area contributed by atoms with Crippen LogP contribution in [0.2, 0.25) is 0 Å². The second kappa shape index (κ2) is 13.5. The summed E-state index contributed by atoms with van der Waals surface area (Å²) in [5.74, 6) is 1.78. The fourth-order valence-corrected chi connectivity index (χ4v) is 9.23. The molecule has 4 nitrogen and oxygen atoms in total. The van der Waals surface area contributed by atoms with Crippen LogP contribution in [0.15, 0.2) is 132 Å². The van der Waals surface area contributed by atoms with Crippen LogP contribution in [0.25, 0.3) is 77.6 Å². The Kier molecular flexibility index (Phi) is 8.18. The number of aromatic nitrogens is 2. The van der Waals surface area contributed by atoms with Gasteiger partial charge in [-0.3, -0.25) is 0 Å². The number of hydrogen-bond acceptors (Lipinski definition) is 2. The van der Waals surface area contributed by atoms with E-state index in [9.17, 15) is 5.26 Å². The molecule has 0 N–H and O–H groups in total. The summed E-state index contributed by atoms with van der Waals surface area (Å²) < 4.78 is 11.3. The van der Waals surface area contributed by atoms with Gasteiger partial charge in [0.15, 0.2) is 0 Å². The number of para-hydroxylation sites is 2. The molecule has 1 unspecified atom stereocenters. The maximum absolute atomic E-state index is 9.64. The van der Waals surface area contributed by atoms with E-state index in [-0.39, 0.29) is 0 Å². The van der Waals surface area contributed by atoms with Crippen LogP contribution in [-0.2, 0) is 12.8 Å². The number of furan rings is 1. The molecule has 0 radical (unpaired) electrons. The van der Waals surface area contributed by atoms with Crippen molar-refractivity contribution in [3.05, 3.63) is 155 Å². The number of rotatable bonds is 9. The summed E-state index contributed by atoms with van der Waals surface area (Å²) in [6.07, 6.45) is 10.4. The molecule has 9 aromatic rings. The second-order valence-corrected chi connectivity index (χ2v) is 15.4. The van der Waals surface area contributed by atoms with Crippen LogP contribution in [0.3, 0.4) is 0 Å². The van der Waals surface area contributed by atoms with E-state index >= 15 is 0 Å². The van der Waals surface area contributed by atoms with Crippen molar-refractivity contribution >= 4 is 66.2 Å². The minimum absolute atomic E-state index is 0.669. The number of allylic oxidation sites excluding steroid dienone is 1. The van der Waals surface area contributed by atoms with E-state index in [2.05, 4.69) is 150 Å². The van der Waals surface area contributed by atoms with Crippen LogP contribution in [0, 0.1) is 17.2 Å². The van der Waals surface area contributed by atoms with Gasteiger partial charge in [0.25, 0.3) is 0 Å². The topological polar surface area (TPSA) is 46.8 Å². The molecule has 3 aromatic heterocycles. The van der Waals surface area contributed by atoms with Gasteiger partial charge >= 0.3 is 0 Å². The summed E-state index contributed by atoms with van der Waals surface area (Å²) in [5, 5.41) is 15.6. The van der Waals surface area contributed by atoms with E-state index in [1.54, 1.807) is 0 Å². The summed E-state index contributed by atoms with van der Waals surface area (Å²) in [7, 11) is 0. The molecule has 6 aromatic carbocycles. The minimum Gasteiger partial charge on any atom is -0.460 e. The lowest BCUT2D eigenvalue weighted by molar-refractivity contribution is 0.449. The normalized spacial score (nSPS) is 13.5. The van der Waals surface area contributed by atoms with Crippen LogP contribution >= 0.6 is 0 Å². The standard InChI is InChI=1S/C51H43N3O/c1-3-5-11-33(4-2)26-34-18-22-48-42(27-34)40-14-6-8-16-46(40)53(48)38-13-10-12-36(29-38)37-20-24-50-44(30-37)45-31-39(21-25-51(45)55-50)54-47-17-9-7-15-41(47)43-28-35(32-52)19-23-49(43)54/h6-10,12-19,21-23,25,27-31,33H,3-5,11,20,24,26H2,1-2H3. The summed E-state index contributed by atoms with van der Waals surface area (Å²) in [4.78, 5) is 0. The zero-order valence-electron chi connectivity index (χ0n) is 31.5. The molecule has 0 bridgehead atoms. The van der Waals surface area contributed by atoms with Gasteiger partial charge in [-0.2, -0.15) is 5.26 Å². The van der Waals surface area contributed by atoms with Gasteiger partial charge in [-0.15, -0.1) is 0 Å². The molecular formula is C51H43N3O. The Balaban J connectivity index is 1.05. The molecule has 0 fully saturated rings. The maximum atomic E-state index is 9.64. The molecule has 268 valence electrons. The molecule has 3 heterocycles. The van der Waals surface area contributed by atoms with Crippen LogP contribution < -0.4 is 0 Å². The fourth-order valence-electron chi connectivity index (χ4n) is 9.23. The third-order valence-corrected chi connectivity index (χ3v) is 12.1. The molecule has 0 spiro atoms. The van der Waals surface area contributed by atoms with E-state index in [1.807, 2.05) is 12.1 Å². The average molecular weight is 714 g/mol. The average Bonchev–Trinajstić information content (AvgIpc) is 3.89. The van der Waals surface area contributed by atoms with Gasteiger partial charge < -0.3 is 13.6 Å². The lowest BCUT2D eigenvalue weighted by atomic mass is 9.91. The number of unbranched alkanes of at least 4 members (excludes halogenated alkanes) is 1. The second-order valence-electron chi connectivity index (χ2n) is 15.4. The van der Waals surface area contributed by atoms with E-state index in [0.717, 1.165) is 69.4 Å². The Hall–Kier alpha value is -6.31. The first-order chi connectivity index (χ1) is 27.1. The number of nitrogens with zero attached hydrogens (tertiary/aromatic N) is 3. The van der Waals surface area contributed by atoms with Crippen LogP contribution in [0.5, 0.6) is 0 Å². The summed E-state index contributed by atoms with van der Waals surface area (Å²) in [6.45, 7) is 4.63. The van der Waals surface area contributed by atoms with Crippen molar-refractivity contribution in [2.45, 2.75) is 58.8 Å². The lowest BCUT2D eigenvalue weighted by Gasteiger charge is -2.16. The Morgan fingerprint density at radius 3 is 2.11 bits per heavy atom. The SMILES string of the molecule is CCCCC(CC)Cc1ccc2c(c1)c1ccccc1n2-c1cccc(C2=Cc3c(oc4ccc(-n5c6ccccc6c6cc(C#N)ccc65)cc34)CC2)c1. The number of benzene rings is 6. The van der Waals surface area contributed by atoms with Gasteiger partial charge in [-0.05, 0) is 114 Å². The van der Waals surface area contributed by atoms with Crippen molar-refractivity contribution in [1.29, 1.82) is 5.26 Å². The van der Waals surface area contributed by atoms with Gasteiger partial charge in [0, 0.05) is 50.3 Å². The van der Waals surface area contributed by atoms with Gasteiger partial charge in [0.1, 0.15) is 11.3 Å². The highest BCUT2D eigenvalue weighted by atomic mass is 16.3.